The van der Waals surface area contributed by atoms with Crippen molar-refractivity contribution in [3.8, 4) is 11.1 Å². The number of β-lactam (4-membered cyclic amide) rings is 1. The van der Waals surface area contributed by atoms with Gasteiger partial charge in [0.15, 0.2) is 16.1 Å². The summed E-state index contributed by atoms with van der Waals surface area (Å²) in [5, 5.41) is 82.8. The van der Waals surface area contributed by atoms with Gasteiger partial charge in [-0.15, -0.1) is 0 Å². The summed E-state index contributed by atoms with van der Waals surface area (Å²) in [6.45, 7) is -1.56. The van der Waals surface area contributed by atoms with Crippen LogP contribution in [0.3, 0.4) is 0 Å². The molecule has 8 N–H and O–H groups in total. The first-order valence-corrected chi connectivity index (χ1v) is 21.2. The van der Waals surface area contributed by atoms with Gasteiger partial charge in [0, 0.05) is 5.69 Å². The van der Waals surface area contributed by atoms with E-state index in [0.717, 1.165) is 16.8 Å². The van der Waals surface area contributed by atoms with Crippen LogP contribution in [0.4, 0.5) is 10.1 Å². The molecule has 0 aromatic heterocycles. The van der Waals surface area contributed by atoms with E-state index < -0.39 is 108 Å². The Kier molecular flexibility index (Phi) is 13.5. The topological polar surface area (TPSA) is 244 Å². The van der Waals surface area contributed by atoms with E-state index in [1.807, 2.05) is 54.6 Å². The fourth-order valence-electron chi connectivity index (χ4n) is 8.12. The predicted molar refractivity (Wildman–Crippen MR) is 211 cm³/mol. The Hall–Kier alpha value is -4.21. The number of hydrogen-bond donors (Lipinski definition) is 8. The molecule has 0 bridgehead atoms. The number of aliphatic hydroxyl groups excluding tert-OH is 8. The summed E-state index contributed by atoms with van der Waals surface area (Å²) < 4.78 is 57.2. The van der Waals surface area contributed by atoms with Crippen molar-refractivity contribution < 1.29 is 72.7 Å². The molecule has 4 aromatic rings. The fraction of sp³-hybridized carbons (Fsp3) is 0.419. The number of halogens is 1. The number of sulfone groups is 1. The van der Waals surface area contributed by atoms with E-state index in [1.165, 1.54) is 36.4 Å². The van der Waals surface area contributed by atoms with Crippen molar-refractivity contribution >= 4 is 21.4 Å². The SMILES string of the molecule is O=C1[C@H](CC[C@H](O)c2ccc(F)cc2)[C@@H](c2ccc(-c3ccc(S(=O)(=O)C[C@@H]4O[C@H](CO)C(O[C@@H]5O[C@H](CO)[C@@H](O)[C@H](O)[C@H]5O)[C@H](O)[C@H]4O)cc3)cc2)N1c1ccccc1. The number of amides is 1. The Bertz CT molecular complexity index is 2160. The minimum absolute atomic E-state index is 0.0767. The first-order chi connectivity index (χ1) is 28.7. The molecule has 1 unspecified atom stereocenters. The van der Waals surface area contributed by atoms with E-state index in [2.05, 4.69) is 0 Å². The lowest BCUT2D eigenvalue weighted by Gasteiger charge is -2.48. The smallest absolute Gasteiger partial charge is 0.233 e. The van der Waals surface area contributed by atoms with Crippen LogP contribution in [-0.4, -0.2) is 135 Å². The first-order valence-electron chi connectivity index (χ1n) is 19.6. The molecule has 0 aliphatic carbocycles. The molecule has 3 heterocycles. The minimum Gasteiger partial charge on any atom is -0.394 e. The van der Waals surface area contributed by atoms with E-state index >= 15 is 0 Å². The molecule has 3 fully saturated rings. The molecule has 0 radical (unpaired) electrons. The van der Waals surface area contributed by atoms with Gasteiger partial charge < -0.3 is 60.0 Å². The first kappa shape index (κ1) is 43.9. The minimum atomic E-state index is -4.16. The summed E-state index contributed by atoms with van der Waals surface area (Å²) in [5.74, 6) is -1.69. The van der Waals surface area contributed by atoms with Crippen molar-refractivity contribution in [1.29, 1.82) is 0 Å². The third kappa shape index (κ3) is 8.90. The van der Waals surface area contributed by atoms with Crippen LogP contribution >= 0.6 is 0 Å². The molecule has 0 saturated carbocycles. The van der Waals surface area contributed by atoms with Crippen LogP contribution in [-0.2, 0) is 28.8 Å². The average molecular weight is 854 g/mol. The Labute approximate surface area is 345 Å². The predicted octanol–water partition coefficient (Wildman–Crippen LogP) is 1.15. The number of rotatable bonds is 14. The van der Waals surface area contributed by atoms with Crippen LogP contribution in [0, 0.1) is 11.7 Å². The van der Waals surface area contributed by atoms with Gasteiger partial charge in [-0.25, -0.2) is 12.8 Å². The number of hydrogen-bond acceptors (Lipinski definition) is 14. The summed E-state index contributed by atoms with van der Waals surface area (Å²) in [6.07, 6.45) is -16.8. The molecular formula is C43H48FNO14S. The molecule has 3 saturated heterocycles. The second-order valence-corrected chi connectivity index (χ2v) is 17.4. The van der Waals surface area contributed by atoms with Crippen molar-refractivity contribution in [3.63, 3.8) is 0 Å². The van der Waals surface area contributed by atoms with Gasteiger partial charge in [-0.05, 0) is 71.5 Å². The maximum absolute atomic E-state index is 13.6. The van der Waals surface area contributed by atoms with Gasteiger partial charge in [0.05, 0.1) is 41.9 Å². The normalized spacial score (nSPS) is 31.4. The van der Waals surface area contributed by atoms with Gasteiger partial charge in [-0.1, -0.05) is 66.7 Å². The van der Waals surface area contributed by atoms with Crippen LogP contribution in [0.2, 0.25) is 0 Å². The molecule has 1 amide bonds. The second kappa shape index (κ2) is 18.4. The van der Waals surface area contributed by atoms with Gasteiger partial charge in [-0.3, -0.25) is 4.79 Å². The van der Waals surface area contributed by atoms with Crippen molar-refractivity contribution in [2.45, 2.75) is 91.1 Å². The zero-order valence-electron chi connectivity index (χ0n) is 32.1. The highest BCUT2D eigenvalue weighted by atomic mass is 32.2. The molecule has 13 atom stereocenters. The number of benzene rings is 4. The lowest BCUT2D eigenvalue weighted by atomic mass is 9.78. The Morgan fingerprint density at radius 1 is 0.700 bits per heavy atom. The highest BCUT2D eigenvalue weighted by molar-refractivity contribution is 7.91. The highest BCUT2D eigenvalue weighted by Crippen LogP contribution is 2.46. The molecule has 60 heavy (non-hydrogen) atoms. The van der Waals surface area contributed by atoms with Crippen LogP contribution < -0.4 is 4.90 Å². The van der Waals surface area contributed by atoms with Crippen molar-refractivity contribution in [2.75, 3.05) is 23.9 Å². The highest BCUT2D eigenvalue weighted by Gasteiger charge is 2.51. The standard InChI is InChI=1S/C43H48FNO14S/c44-27-14-10-25(11-15-27)31(48)19-18-30-35(45(42(30)54)28-4-2-1-3-5-28)26-8-6-23(7-9-26)24-12-16-29(17-13-24)60(55,56)22-34-37(50)39(52)41(33(21-47)57-34)59-43-40(53)38(51)36(49)32(20-46)58-43/h1-17,30-41,43,46-53H,18-22H2/t30-,31+,32-,33-,34+,35-,36-,37+,38+,39-,40-,41?,43+/m1/s1. The number of carbonyl (C=O) groups is 1. The monoisotopic (exact) mass is 853 g/mol. The lowest BCUT2D eigenvalue weighted by molar-refractivity contribution is -0.341. The van der Waals surface area contributed by atoms with E-state index in [-0.39, 0.29) is 16.8 Å². The number of carbonyl (C=O) groups excluding carboxylic acids is 1. The Morgan fingerprint density at radius 3 is 1.92 bits per heavy atom. The number of ether oxygens (including phenoxy) is 3. The van der Waals surface area contributed by atoms with Crippen LogP contribution in [0.5, 0.6) is 0 Å². The molecule has 17 heteroatoms. The zero-order chi connectivity index (χ0) is 42.9. The van der Waals surface area contributed by atoms with Gasteiger partial charge in [0.2, 0.25) is 5.91 Å². The van der Waals surface area contributed by atoms with E-state index in [9.17, 15) is 58.5 Å². The average Bonchev–Trinajstić information content (AvgIpc) is 3.26. The maximum Gasteiger partial charge on any atom is 0.233 e. The summed E-state index contributed by atoms with van der Waals surface area (Å²) in [7, 11) is -4.16. The molecule has 15 nitrogen and oxygen atoms in total. The third-order valence-corrected chi connectivity index (χ3v) is 13.3. The van der Waals surface area contributed by atoms with Gasteiger partial charge in [-0.2, -0.15) is 0 Å². The van der Waals surface area contributed by atoms with Crippen molar-refractivity contribution in [2.24, 2.45) is 5.92 Å². The van der Waals surface area contributed by atoms with Gasteiger partial charge in [0.1, 0.15) is 60.8 Å². The maximum atomic E-state index is 13.6. The van der Waals surface area contributed by atoms with Crippen LogP contribution in [0.15, 0.2) is 108 Å². The summed E-state index contributed by atoms with van der Waals surface area (Å²) in [6, 6.07) is 28.1. The number of anilines is 1. The van der Waals surface area contributed by atoms with Crippen LogP contribution in [0.1, 0.15) is 36.1 Å². The summed E-state index contributed by atoms with van der Waals surface area (Å²) >= 11 is 0. The van der Waals surface area contributed by atoms with Crippen molar-refractivity contribution in [3.05, 3.63) is 120 Å². The summed E-state index contributed by atoms with van der Waals surface area (Å²) in [5.41, 5.74) is 3.60. The van der Waals surface area contributed by atoms with Gasteiger partial charge in [0.25, 0.3) is 0 Å². The van der Waals surface area contributed by atoms with Crippen molar-refractivity contribution in [1.82, 2.24) is 0 Å². The quantitative estimate of drug-likeness (QED) is 0.0831. The zero-order valence-corrected chi connectivity index (χ0v) is 32.9. The van der Waals surface area contributed by atoms with Gasteiger partial charge >= 0.3 is 0 Å². The largest absolute Gasteiger partial charge is 0.394 e. The number of aliphatic hydroxyl groups is 8. The van der Waals surface area contributed by atoms with E-state index in [0.29, 0.717) is 24.0 Å². The lowest BCUT2D eigenvalue weighted by Crippen LogP contribution is -2.65. The molecular weight excluding hydrogens is 806 g/mol. The second-order valence-electron chi connectivity index (χ2n) is 15.3. The third-order valence-electron chi connectivity index (χ3n) is 11.5. The van der Waals surface area contributed by atoms with Crippen LogP contribution in [0.25, 0.3) is 11.1 Å². The molecule has 4 aromatic carbocycles. The fourth-order valence-corrected chi connectivity index (χ4v) is 9.57. The summed E-state index contributed by atoms with van der Waals surface area (Å²) in [4.78, 5) is 15.2. The van der Waals surface area contributed by atoms with E-state index in [4.69, 9.17) is 14.2 Å². The Balaban J connectivity index is 1.01. The molecule has 3 aliphatic rings. The molecule has 3 aliphatic heterocycles. The number of para-hydroxylation sites is 1. The molecule has 322 valence electrons. The number of nitrogens with zero attached hydrogens (tertiary/aromatic N) is 1. The molecule has 7 rings (SSSR count). The Morgan fingerprint density at radius 2 is 1.30 bits per heavy atom. The molecule has 0 spiro atoms. The van der Waals surface area contributed by atoms with E-state index in [1.54, 1.807) is 17.0 Å².